The van der Waals surface area contributed by atoms with Crippen LogP contribution in [0.4, 0.5) is 14.6 Å². The molecule has 1 aromatic carbocycles. The maximum atomic E-state index is 13.8. The number of fused-ring (bicyclic) bond motifs is 4. The van der Waals surface area contributed by atoms with Crippen molar-refractivity contribution in [2.75, 3.05) is 6.61 Å². The van der Waals surface area contributed by atoms with Crippen LogP contribution in [0.25, 0.3) is 0 Å². The standard InChI is InChI=1S/C29H29ClF2N4O3/c1-2-13-36-26(37)20-15-23(34-25(20)35-27(36)39-19-4-5-21(31)22(32)14-19)29-10-7-28(8-11-29,9-12-29)17-38-24-6-3-18(30)16-33-24/h3-6,14,16H,2,7-13,15,17H2,1H3. The van der Waals surface area contributed by atoms with Gasteiger partial charge in [-0.3, -0.25) is 9.36 Å². The Hall–Kier alpha value is -3.33. The molecule has 3 heterocycles. The number of aromatic nitrogens is 3. The van der Waals surface area contributed by atoms with Crippen molar-refractivity contribution < 1.29 is 18.3 Å². The minimum Gasteiger partial charge on any atom is -0.477 e. The molecule has 0 N–H and O–H groups in total. The zero-order chi connectivity index (χ0) is 27.2. The second-order valence-electron chi connectivity index (χ2n) is 11.0. The SMILES string of the molecule is CCCn1c(Oc2ccc(F)c(F)c2)nc2c(c1=O)CC(C13CCC(COc4ccc(Cl)cn4)(CC1)CC3)=N2. The fourth-order valence-electron chi connectivity index (χ4n) is 6.18. The normalized spacial score (nSPS) is 23.4. The number of ether oxygens (including phenoxy) is 2. The van der Waals surface area contributed by atoms with Gasteiger partial charge in [0, 0.05) is 47.8 Å². The number of pyridine rings is 1. The number of rotatable bonds is 8. The molecule has 204 valence electrons. The minimum absolute atomic E-state index is 0.0355. The topological polar surface area (TPSA) is 78.6 Å². The lowest BCUT2D eigenvalue weighted by Gasteiger charge is -2.53. The van der Waals surface area contributed by atoms with Crippen molar-refractivity contribution in [1.82, 2.24) is 14.5 Å². The Morgan fingerprint density at radius 1 is 1.05 bits per heavy atom. The summed E-state index contributed by atoms with van der Waals surface area (Å²) in [6.07, 6.45) is 8.77. The van der Waals surface area contributed by atoms with Crippen LogP contribution < -0.4 is 15.0 Å². The second kappa shape index (κ2) is 10.0. The summed E-state index contributed by atoms with van der Waals surface area (Å²) in [5.41, 5.74) is 1.46. The van der Waals surface area contributed by atoms with Crippen LogP contribution in [0, 0.1) is 22.5 Å². The van der Waals surface area contributed by atoms with E-state index in [0.29, 0.717) is 48.3 Å². The molecule has 7 nitrogen and oxygen atoms in total. The first-order valence-electron chi connectivity index (χ1n) is 13.4. The number of nitrogens with zero attached hydrogens (tertiary/aromatic N) is 4. The van der Waals surface area contributed by atoms with Gasteiger partial charge in [0.15, 0.2) is 17.5 Å². The number of benzene rings is 1. The number of hydrogen-bond acceptors (Lipinski definition) is 6. The van der Waals surface area contributed by atoms with Crippen LogP contribution in [0.15, 0.2) is 46.3 Å². The first-order valence-corrected chi connectivity index (χ1v) is 13.8. The Labute approximate surface area is 229 Å². The Morgan fingerprint density at radius 3 is 2.49 bits per heavy atom. The van der Waals surface area contributed by atoms with Gasteiger partial charge in [0.2, 0.25) is 5.88 Å². The summed E-state index contributed by atoms with van der Waals surface area (Å²) in [6.45, 7) is 2.97. The summed E-state index contributed by atoms with van der Waals surface area (Å²) in [6, 6.07) is 6.85. The Morgan fingerprint density at radius 2 is 1.82 bits per heavy atom. The average molecular weight is 555 g/mol. The summed E-state index contributed by atoms with van der Waals surface area (Å²) in [5.74, 6) is -0.978. The summed E-state index contributed by atoms with van der Waals surface area (Å²) in [4.78, 5) is 27.2. The third kappa shape index (κ3) is 4.81. The van der Waals surface area contributed by atoms with Gasteiger partial charge in [0.1, 0.15) is 5.75 Å². The van der Waals surface area contributed by atoms with E-state index in [1.165, 1.54) is 10.6 Å². The van der Waals surface area contributed by atoms with Crippen molar-refractivity contribution in [3.05, 3.63) is 69.1 Å². The summed E-state index contributed by atoms with van der Waals surface area (Å²) in [5, 5.41) is 0.581. The van der Waals surface area contributed by atoms with Gasteiger partial charge in [-0.1, -0.05) is 18.5 Å². The molecule has 2 aromatic heterocycles. The van der Waals surface area contributed by atoms with Crippen molar-refractivity contribution in [3.63, 3.8) is 0 Å². The highest BCUT2D eigenvalue weighted by Crippen LogP contribution is 2.58. The van der Waals surface area contributed by atoms with Crippen LogP contribution in [-0.2, 0) is 13.0 Å². The molecule has 0 amide bonds. The molecular weight excluding hydrogens is 526 g/mol. The molecule has 10 heteroatoms. The molecule has 3 aliphatic carbocycles. The number of halogens is 3. The van der Waals surface area contributed by atoms with Gasteiger partial charge in [-0.25, -0.2) is 18.8 Å². The lowest BCUT2D eigenvalue weighted by molar-refractivity contribution is -0.00545. The molecule has 3 aromatic rings. The Balaban J connectivity index is 1.21. The molecule has 3 fully saturated rings. The van der Waals surface area contributed by atoms with Gasteiger partial charge >= 0.3 is 6.01 Å². The van der Waals surface area contributed by atoms with E-state index in [9.17, 15) is 13.6 Å². The van der Waals surface area contributed by atoms with E-state index in [-0.39, 0.29) is 28.1 Å². The van der Waals surface area contributed by atoms with Gasteiger partial charge in [-0.05, 0) is 63.1 Å². The molecule has 0 unspecified atom stereocenters. The van der Waals surface area contributed by atoms with E-state index in [4.69, 9.17) is 26.1 Å². The van der Waals surface area contributed by atoms with Gasteiger partial charge in [-0.15, -0.1) is 0 Å². The van der Waals surface area contributed by atoms with E-state index in [1.807, 2.05) is 6.92 Å². The van der Waals surface area contributed by atoms with Crippen molar-refractivity contribution in [1.29, 1.82) is 0 Å². The van der Waals surface area contributed by atoms with Crippen LogP contribution >= 0.6 is 11.6 Å². The third-order valence-corrected chi connectivity index (χ3v) is 8.80. The molecule has 4 aliphatic rings. The summed E-state index contributed by atoms with van der Waals surface area (Å²) < 4.78 is 40.4. The monoisotopic (exact) mass is 554 g/mol. The van der Waals surface area contributed by atoms with E-state index >= 15 is 0 Å². The minimum atomic E-state index is -1.03. The quantitative estimate of drug-likeness (QED) is 0.305. The molecule has 7 rings (SSSR count). The van der Waals surface area contributed by atoms with E-state index in [0.717, 1.165) is 56.4 Å². The fourth-order valence-corrected chi connectivity index (χ4v) is 6.30. The zero-order valence-corrected chi connectivity index (χ0v) is 22.4. The predicted molar refractivity (Wildman–Crippen MR) is 143 cm³/mol. The van der Waals surface area contributed by atoms with Crippen LogP contribution in [0.1, 0.15) is 57.4 Å². The highest BCUT2D eigenvalue weighted by Gasteiger charge is 2.52. The highest BCUT2D eigenvalue weighted by atomic mass is 35.5. The predicted octanol–water partition coefficient (Wildman–Crippen LogP) is 6.82. The maximum Gasteiger partial charge on any atom is 0.306 e. The molecule has 3 saturated carbocycles. The highest BCUT2D eigenvalue weighted by molar-refractivity contribution is 6.30. The summed E-state index contributed by atoms with van der Waals surface area (Å²) in [7, 11) is 0. The second-order valence-corrected chi connectivity index (χ2v) is 11.4. The van der Waals surface area contributed by atoms with Crippen LogP contribution in [-0.4, -0.2) is 26.9 Å². The summed E-state index contributed by atoms with van der Waals surface area (Å²) >= 11 is 5.93. The lowest BCUT2D eigenvalue weighted by atomic mass is 9.52. The fraction of sp³-hybridized carbons (Fsp3) is 0.448. The van der Waals surface area contributed by atoms with Gasteiger partial charge in [-0.2, -0.15) is 4.98 Å². The van der Waals surface area contributed by atoms with E-state index in [1.54, 1.807) is 18.3 Å². The van der Waals surface area contributed by atoms with E-state index < -0.39 is 11.6 Å². The first-order chi connectivity index (χ1) is 18.8. The van der Waals surface area contributed by atoms with Crippen LogP contribution in [0.3, 0.4) is 0 Å². The first kappa shape index (κ1) is 25.9. The molecular formula is C29H29ClF2N4O3. The molecule has 0 saturated heterocycles. The van der Waals surface area contributed by atoms with Gasteiger partial charge < -0.3 is 9.47 Å². The van der Waals surface area contributed by atoms with Gasteiger partial charge in [0.25, 0.3) is 5.56 Å². The number of hydrogen-bond donors (Lipinski definition) is 0. The van der Waals surface area contributed by atoms with E-state index in [2.05, 4.69) is 9.97 Å². The molecule has 1 aliphatic heterocycles. The van der Waals surface area contributed by atoms with Crippen molar-refractivity contribution in [2.45, 2.75) is 64.8 Å². The Kier molecular flexibility index (Phi) is 6.65. The maximum absolute atomic E-state index is 13.8. The third-order valence-electron chi connectivity index (χ3n) is 8.58. The average Bonchev–Trinajstić information content (AvgIpc) is 3.39. The van der Waals surface area contributed by atoms with Crippen LogP contribution in [0.2, 0.25) is 5.02 Å². The lowest BCUT2D eigenvalue weighted by Crippen LogP contribution is -2.48. The van der Waals surface area contributed by atoms with Gasteiger partial charge in [0.05, 0.1) is 17.2 Å². The smallest absolute Gasteiger partial charge is 0.306 e. The molecule has 0 spiro atoms. The van der Waals surface area contributed by atoms with Crippen molar-refractivity contribution >= 4 is 23.1 Å². The number of aliphatic imine (C=N–C) groups is 1. The van der Waals surface area contributed by atoms with Crippen molar-refractivity contribution in [2.24, 2.45) is 15.8 Å². The molecule has 0 radical (unpaired) electrons. The zero-order valence-electron chi connectivity index (χ0n) is 21.7. The molecule has 0 atom stereocenters. The van der Waals surface area contributed by atoms with Crippen LogP contribution in [0.5, 0.6) is 17.6 Å². The van der Waals surface area contributed by atoms with Crippen molar-refractivity contribution in [3.8, 4) is 17.6 Å². The largest absolute Gasteiger partial charge is 0.477 e. The Bertz CT molecular complexity index is 1480. The molecule has 2 bridgehead atoms. The molecule has 39 heavy (non-hydrogen) atoms.